The molecule has 0 atom stereocenters. The molecule has 0 aliphatic carbocycles. The molecule has 0 aliphatic rings. The van der Waals surface area contributed by atoms with Crippen molar-refractivity contribution in [2.45, 2.75) is 18.7 Å². The van der Waals surface area contributed by atoms with Gasteiger partial charge in [-0.25, -0.2) is 0 Å². The Morgan fingerprint density at radius 1 is 1.19 bits per heavy atom. The first-order valence-electron chi connectivity index (χ1n) is 8.12. The second kappa shape index (κ2) is 9.33. The number of nitrogens with zero attached hydrogens (tertiary/aromatic N) is 1. The van der Waals surface area contributed by atoms with Gasteiger partial charge in [0.2, 0.25) is 0 Å². The fraction of sp³-hybridized carbons (Fsp3) is 0.222. The molecule has 0 radical (unpaired) electrons. The third-order valence-corrected chi connectivity index (χ3v) is 4.90. The summed E-state index contributed by atoms with van der Waals surface area (Å²) in [5.41, 5.74) is 4.31. The maximum atomic E-state index is 12.4. The summed E-state index contributed by atoms with van der Waals surface area (Å²) in [4.78, 5) is 0.0712. The van der Waals surface area contributed by atoms with E-state index in [0.717, 1.165) is 5.56 Å². The van der Waals surface area contributed by atoms with Gasteiger partial charge in [0.1, 0.15) is 4.90 Å². The number of ether oxygens (including phenoxy) is 1. The van der Waals surface area contributed by atoms with Gasteiger partial charge in [0.05, 0.1) is 13.3 Å². The van der Waals surface area contributed by atoms with Crippen molar-refractivity contribution in [3.63, 3.8) is 0 Å². The van der Waals surface area contributed by atoms with Crippen molar-refractivity contribution in [1.82, 2.24) is 10.7 Å². The highest BCUT2D eigenvalue weighted by atomic mass is 32.2. The highest BCUT2D eigenvalue weighted by Gasteiger charge is 2.19. The molecule has 0 saturated heterocycles. The second-order valence-electron chi connectivity index (χ2n) is 5.49. The summed E-state index contributed by atoms with van der Waals surface area (Å²) in [5.74, 6) is 0.357. The normalized spacial score (nSPS) is 11.2. The lowest BCUT2D eigenvalue weighted by atomic mass is 10.2. The molecule has 0 aromatic heterocycles. The van der Waals surface area contributed by atoms with E-state index in [2.05, 4.69) is 15.8 Å². The van der Waals surface area contributed by atoms with E-state index < -0.39 is 10.1 Å². The summed E-state index contributed by atoms with van der Waals surface area (Å²) >= 11 is 5.00. The number of methoxy groups -OCH3 is 1. The third-order valence-electron chi connectivity index (χ3n) is 3.41. The Balaban J connectivity index is 2.17. The summed E-state index contributed by atoms with van der Waals surface area (Å²) in [7, 11) is -2.53. The smallest absolute Gasteiger partial charge is 0.339 e. The van der Waals surface area contributed by atoms with Gasteiger partial charge in [0, 0.05) is 6.54 Å². The minimum atomic E-state index is -3.96. The Labute approximate surface area is 164 Å². The molecule has 2 aromatic carbocycles. The van der Waals surface area contributed by atoms with E-state index in [1.165, 1.54) is 31.5 Å². The molecule has 2 rings (SSSR count). The fourth-order valence-corrected chi connectivity index (χ4v) is 3.21. The number of benzene rings is 2. The van der Waals surface area contributed by atoms with Gasteiger partial charge in [-0.05, 0) is 62.0 Å². The molecule has 2 aromatic rings. The van der Waals surface area contributed by atoms with Gasteiger partial charge in [0.15, 0.2) is 16.6 Å². The largest absolute Gasteiger partial charge is 0.493 e. The third kappa shape index (κ3) is 5.93. The van der Waals surface area contributed by atoms with E-state index in [-0.39, 0.29) is 16.4 Å². The quantitative estimate of drug-likeness (QED) is 0.316. The highest BCUT2D eigenvalue weighted by Crippen LogP contribution is 2.30. The molecule has 144 valence electrons. The zero-order chi connectivity index (χ0) is 19.9. The van der Waals surface area contributed by atoms with Crippen molar-refractivity contribution in [3.8, 4) is 11.5 Å². The summed E-state index contributed by atoms with van der Waals surface area (Å²) < 4.78 is 35.4. The molecule has 27 heavy (non-hydrogen) atoms. The van der Waals surface area contributed by atoms with Crippen LogP contribution in [0, 0.1) is 6.92 Å². The van der Waals surface area contributed by atoms with E-state index in [0.29, 0.717) is 17.2 Å². The standard InChI is InChI=1S/C18H21N3O4S2/c1-4-19-18(26)21-20-12-14-7-10-16(17(11-14)24-3)25-27(22,23)15-8-5-13(2)6-9-15/h5-12H,4H2,1-3H3,(H2,19,21,26)/b20-12-. The molecular formula is C18H21N3O4S2. The maximum Gasteiger partial charge on any atom is 0.339 e. The predicted octanol–water partition coefficient (Wildman–Crippen LogP) is 2.59. The van der Waals surface area contributed by atoms with Crippen LogP contribution in [-0.2, 0) is 10.1 Å². The number of rotatable bonds is 7. The zero-order valence-electron chi connectivity index (χ0n) is 15.2. The van der Waals surface area contributed by atoms with E-state index in [9.17, 15) is 8.42 Å². The van der Waals surface area contributed by atoms with Crippen molar-refractivity contribution < 1.29 is 17.3 Å². The van der Waals surface area contributed by atoms with Gasteiger partial charge in [0.25, 0.3) is 0 Å². The van der Waals surface area contributed by atoms with Gasteiger partial charge >= 0.3 is 10.1 Å². The second-order valence-corrected chi connectivity index (χ2v) is 7.44. The Morgan fingerprint density at radius 3 is 2.52 bits per heavy atom. The number of hydrogen-bond acceptors (Lipinski definition) is 6. The molecule has 0 heterocycles. The van der Waals surface area contributed by atoms with Crippen LogP contribution in [0.5, 0.6) is 11.5 Å². The van der Waals surface area contributed by atoms with Crippen molar-refractivity contribution in [1.29, 1.82) is 0 Å². The summed E-state index contributed by atoms with van der Waals surface area (Å²) in [6.07, 6.45) is 1.53. The number of aryl methyl sites for hydroxylation is 1. The molecule has 9 heteroatoms. The van der Waals surface area contributed by atoms with Crippen molar-refractivity contribution in [2.75, 3.05) is 13.7 Å². The van der Waals surface area contributed by atoms with Crippen LogP contribution in [0.1, 0.15) is 18.1 Å². The number of hydrazone groups is 1. The van der Waals surface area contributed by atoms with E-state index in [1.54, 1.807) is 24.3 Å². The molecule has 0 unspecified atom stereocenters. The topological polar surface area (TPSA) is 89.0 Å². The number of hydrogen-bond donors (Lipinski definition) is 2. The molecule has 2 N–H and O–H groups in total. The lowest BCUT2D eigenvalue weighted by molar-refractivity contribution is 0.390. The number of nitrogens with one attached hydrogen (secondary N) is 2. The molecule has 0 spiro atoms. The first-order chi connectivity index (χ1) is 12.9. The molecule has 7 nitrogen and oxygen atoms in total. The monoisotopic (exact) mass is 407 g/mol. The minimum Gasteiger partial charge on any atom is -0.493 e. The first-order valence-corrected chi connectivity index (χ1v) is 9.93. The molecule has 0 saturated carbocycles. The van der Waals surface area contributed by atoms with Crippen LogP contribution in [0.3, 0.4) is 0 Å². The van der Waals surface area contributed by atoms with Crippen LogP contribution >= 0.6 is 12.2 Å². The number of thiocarbonyl (C=S) groups is 1. The molecule has 0 fully saturated rings. The average Bonchev–Trinajstić information content (AvgIpc) is 2.63. The summed E-state index contributed by atoms with van der Waals surface area (Å²) in [6, 6.07) is 11.2. The maximum absolute atomic E-state index is 12.4. The van der Waals surface area contributed by atoms with Crippen molar-refractivity contribution >= 4 is 33.7 Å². The van der Waals surface area contributed by atoms with Gasteiger partial charge in [-0.2, -0.15) is 13.5 Å². The Bertz CT molecular complexity index is 926. The van der Waals surface area contributed by atoms with Gasteiger partial charge in [-0.3, -0.25) is 5.43 Å². The zero-order valence-corrected chi connectivity index (χ0v) is 16.9. The van der Waals surface area contributed by atoms with Crippen LogP contribution in [0.15, 0.2) is 52.5 Å². The van der Waals surface area contributed by atoms with Crippen LogP contribution in [0.4, 0.5) is 0 Å². The SMILES string of the molecule is CCNC(=S)N/N=C\c1ccc(OS(=O)(=O)c2ccc(C)cc2)c(OC)c1. The van der Waals surface area contributed by atoms with Crippen LogP contribution in [0.2, 0.25) is 0 Å². The van der Waals surface area contributed by atoms with E-state index in [1.807, 2.05) is 13.8 Å². The Kier molecular flexibility index (Phi) is 7.14. The Hall–Kier alpha value is -2.65. The lowest BCUT2D eigenvalue weighted by Crippen LogP contribution is -2.31. The summed E-state index contributed by atoms with van der Waals surface area (Å²) in [5, 5.41) is 7.31. The Morgan fingerprint density at radius 2 is 1.89 bits per heavy atom. The lowest BCUT2D eigenvalue weighted by Gasteiger charge is -2.11. The van der Waals surface area contributed by atoms with E-state index >= 15 is 0 Å². The van der Waals surface area contributed by atoms with E-state index in [4.69, 9.17) is 21.1 Å². The molecule has 0 amide bonds. The fourth-order valence-electron chi connectivity index (χ4n) is 2.07. The van der Waals surface area contributed by atoms with Crippen LogP contribution < -0.4 is 19.7 Å². The molecular weight excluding hydrogens is 386 g/mol. The minimum absolute atomic E-state index is 0.0712. The van der Waals surface area contributed by atoms with Gasteiger partial charge in [-0.1, -0.05) is 17.7 Å². The van der Waals surface area contributed by atoms with Crippen LogP contribution in [-0.4, -0.2) is 33.4 Å². The van der Waals surface area contributed by atoms with Crippen molar-refractivity contribution in [3.05, 3.63) is 53.6 Å². The molecule has 0 bridgehead atoms. The average molecular weight is 408 g/mol. The summed E-state index contributed by atoms with van der Waals surface area (Å²) in [6.45, 7) is 4.49. The highest BCUT2D eigenvalue weighted by molar-refractivity contribution is 7.87. The first kappa shape index (κ1) is 20.7. The van der Waals surface area contributed by atoms with Gasteiger partial charge in [-0.15, -0.1) is 0 Å². The molecule has 0 aliphatic heterocycles. The predicted molar refractivity (Wildman–Crippen MR) is 109 cm³/mol. The van der Waals surface area contributed by atoms with Gasteiger partial charge < -0.3 is 14.2 Å². The van der Waals surface area contributed by atoms with Crippen molar-refractivity contribution in [2.24, 2.45) is 5.10 Å². The van der Waals surface area contributed by atoms with Crippen LogP contribution in [0.25, 0.3) is 0 Å².